The quantitative estimate of drug-likeness (QED) is 0.280. The van der Waals surface area contributed by atoms with E-state index in [1.54, 1.807) is 0 Å². The fraction of sp³-hybridized carbons (Fsp3) is 0.800. The average Bonchev–Trinajstić information content (AvgIpc) is 2.61. The van der Waals surface area contributed by atoms with E-state index < -0.39 is 46.5 Å². The Morgan fingerprint density at radius 2 is 1.36 bits per heavy atom. The molecule has 0 spiro atoms. The van der Waals surface area contributed by atoms with Gasteiger partial charge in [0.1, 0.15) is 5.41 Å². The van der Waals surface area contributed by atoms with Crippen LogP contribution in [0.5, 0.6) is 0 Å². The molecule has 8 heteroatoms. The monoisotopic (exact) mass is 402 g/mol. The van der Waals surface area contributed by atoms with Crippen LogP contribution in [0, 0.1) is 10.8 Å². The SMILES string of the molecule is CCCCCCC(CC)(C(=O)O)C(OCC)(C(=O)O)C(CC)(C(C)=O)C(=O)O. The van der Waals surface area contributed by atoms with Gasteiger partial charge in [0.05, 0.1) is 0 Å². The molecule has 0 saturated carbocycles. The van der Waals surface area contributed by atoms with E-state index in [1.807, 2.05) is 6.92 Å². The van der Waals surface area contributed by atoms with E-state index in [4.69, 9.17) is 4.74 Å². The van der Waals surface area contributed by atoms with Crippen molar-refractivity contribution in [3.05, 3.63) is 0 Å². The van der Waals surface area contributed by atoms with Crippen molar-refractivity contribution in [3.63, 3.8) is 0 Å². The lowest BCUT2D eigenvalue weighted by Gasteiger charge is -2.52. The van der Waals surface area contributed by atoms with E-state index in [-0.39, 0.29) is 19.4 Å². The highest BCUT2D eigenvalue weighted by atomic mass is 16.5. The average molecular weight is 402 g/mol. The number of rotatable bonds is 15. The van der Waals surface area contributed by atoms with Crippen LogP contribution in [-0.4, -0.2) is 51.2 Å². The maximum atomic E-state index is 12.6. The van der Waals surface area contributed by atoms with Gasteiger partial charge in [-0.1, -0.05) is 46.5 Å². The summed E-state index contributed by atoms with van der Waals surface area (Å²) in [6.45, 7) is 7.03. The molecule has 0 heterocycles. The first-order valence-corrected chi connectivity index (χ1v) is 9.87. The molecule has 0 aromatic heterocycles. The van der Waals surface area contributed by atoms with Gasteiger partial charge in [0.15, 0.2) is 11.2 Å². The second kappa shape index (κ2) is 10.5. The van der Waals surface area contributed by atoms with Crippen molar-refractivity contribution in [2.24, 2.45) is 10.8 Å². The first-order chi connectivity index (χ1) is 13.0. The number of carbonyl (C=O) groups is 4. The summed E-state index contributed by atoms with van der Waals surface area (Å²) in [6.07, 6.45) is 2.07. The molecule has 0 aliphatic rings. The fourth-order valence-electron chi connectivity index (χ4n) is 4.40. The van der Waals surface area contributed by atoms with Crippen molar-refractivity contribution in [1.82, 2.24) is 0 Å². The smallest absolute Gasteiger partial charge is 0.338 e. The molecule has 0 aromatic carbocycles. The van der Waals surface area contributed by atoms with Crippen LogP contribution in [0.4, 0.5) is 0 Å². The van der Waals surface area contributed by atoms with E-state index in [2.05, 4.69) is 0 Å². The van der Waals surface area contributed by atoms with E-state index in [9.17, 15) is 34.5 Å². The lowest BCUT2D eigenvalue weighted by Crippen LogP contribution is -2.72. The van der Waals surface area contributed by atoms with Crippen molar-refractivity contribution in [1.29, 1.82) is 0 Å². The van der Waals surface area contributed by atoms with E-state index >= 15 is 0 Å². The van der Waals surface area contributed by atoms with Crippen molar-refractivity contribution >= 4 is 23.7 Å². The Bertz CT molecular complexity index is 571. The normalized spacial score (nSPS) is 17.8. The van der Waals surface area contributed by atoms with Crippen LogP contribution >= 0.6 is 0 Å². The van der Waals surface area contributed by atoms with Crippen LogP contribution in [0.2, 0.25) is 0 Å². The zero-order chi connectivity index (χ0) is 22.2. The molecule has 0 aliphatic heterocycles. The molecule has 0 bridgehead atoms. The molecule has 0 rings (SSSR count). The van der Waals surface area contributed by atoms with Gasteiger partial charge in [0.2, 0.25) is 5.60 Å². The number of Topliss-reactive ketones (excluding diaryl/α,β-unsaturated/α-hetero) is 1. The largest absolute Gasteiger partial charge is 0.481 e. The van der Waals surface area contributed by atoms with E-state index in [1.165, 1.54) is 20.8 Å². The van der Waals surface area contributed by atoms with Crippen molar-refractivity contribution in [2.45, 2.75) is 85.2 Å². The maximum Gasteiger partial charge on any atom is 0.338 e. The van der Waals surface area contributed by atoms with Crippen LogP contribution < -0.4 is 0 Å². The van der Waals surface area contributed by atoms with Gasteiger partial charge in [-0.2, -0.15) is 0 Å². The number of ether oxygens (including phenoxy) is 1. The Morgan fingerprint density at radius 3 is 1.64 bits per heavy atom. The van der Waals surface area contributed by atoms with Gasteiger partial charge >= 0.3 is 17.9 Å². The minimum absolute atomic E-state index is 0.104. The molecule has 0 aromatic rings. The van der Waals surface area contributed by atoms with Gasteiger partial charge in [0, 0.05) is 6.61 Å². The van der Waals surface area contributed by atoms with E-state index in [0.29, 0.717) is 12.8 Å². The zero-order valence-electron chi connectivity index (χ0n) is 17.5. The maximum absolute atomic E-state index is 12.6. The van der Waals surface area contributed by atoms with Crippen molar-refractivity contribution in [2.75, 3.05) is 6.61 Å². The van der Waals surface area contributed by atoms with Gasteiger partial charge in [-0.05, 0) is 33.1 Å². The second-order valence-corrected chi connectivity index (χ2v) is 7.09. The molecule has 0 saturated heterocycles. The Morgan fingerprint density at radius 1 is 0.786 bits per heavy atom. The summed E-state index contributed by atoms with van der Waals surface area (Å²) in [4.78, 5) is 50.1. The van der Waals surface area contributed by atoms with Crippen LogP contribution in [0.25, 0.3) is 0 Å². The number of carboxylic acid groups (broad SMARTS) is 3. The number of ketones is 1. The van der Waals surface area contributed by atoms with Crippen molar-refractivity contribution in [3.8, 4) is 0 Å². The van der Waals surface area contributed by atoms with Crippen LogP contribution in [0.3, 0.4) is 0 Å². The summed E-state index contributed by atoms with van der Waals surface area (Å²) in [7, 11) is 0. The lowest BCUT2D eigenvalue weighted by molar-refractivity contribution is -0.234. The number of carbonyl (C=O) groups excluding carboxylic acids is 1. The highest BCUT2D eigenvalue weighted by molar-refractivity contribution is 6.10. The molecule has 28 heavy (non-hydrogen) atoms. The van der Waals surface area contributed by atoms with Gasteiger partial charge < -0.3 is 20.1 Å². The topological polar surface area (TPSA) is 138 Å². The molecule has 8 nitrogen and oxygen atoms in total. The Labute approximate surface area is 166 Å². The van der Waals surface area contributed by atoms with Gasteiger partial charge in [-0.15, -0.1) is 0 Å². The minimum atomic E-state index is -2.74. The number of aliphatic carboxylic acids is 3. The third-order valence-electron chi connectivity index (χ3n) is 5.90. The molecule has 3 unspecified atom stereocenters. The number of hydrogen-bond acceptors (Lipinski definition) is 5. The van der Waals surface area contributed by atoms with Gasteiger partial charge in [0.25, 0.3) is 0 Å². The highest BCUT2D eigenvalue weighted by Gasteiger charge is 2.75. The first kappa shape index (κ1) is 26.0. The molecule has 0 amide bonds. The molecule has 0 fully saturated rings. The van der Waals surface area contributed by atoms with Crippen molar-refractivity contribution < 1.29 is 39.2 Å². The highest BCUT2D eigenvalue weighted by Crippen LogP contribution is 2.55. The third kappa shape index (κ3) is 3.92. The molecule has 0 radical (unpaired) electrons. The predicted octanol–water partition coefficient (Wildman–Crippen LogP) is 3.37. The standard InChI is InChI=1S/C20H34O8/c1-6-10-11-12-13-18(7-2,15(22)23)20(17(26)27,28-9-4)19(8-3,14(5)21)16(24)25/h6-13H2,1-5H3,(H,22,23)(H,24,25)(H,26,27). The summed E-state index contributed by atoms with van der Waals surface area (Å²) in [5.41, 5.74) is -7.36. The summed E-state index contributed by atoms with van der Waals surface area (Å²) < 4.78 is 5.56. The van der Waals surface area contributed by atoms with Crippen LogP contribution in [0.1, 0.15) is 79.6 Å². The zero-order valence-corrected chi connectivity index (χ0v) is 17.5. The van der Waals surface area contributed by atoms with Gasteiger partial charge in [-0.3, -0.25) is 14.4 Å². The second-order valence-electron chi connectivity index (χ2n) is 7.09. The molecular formula is C20H34O8. The molecule has 3 N–H and O–H groups in total. The summed E-state index contributed by atoms with van der Waals surface area (Å²) >= 11 is 0. The lowest BCUT2D eigenvalue weighted by atomic mass is 9.52. The van der Waals surface area contributed by atoms with E-state index in [0.717, 1.165) is 19.8 Å². The predicted molar refractivity (Wildman–Crippen MR) is 102 cm³/mol. The molecule has 162 valence electrons. The summed E-state index contributed by atoms with van der Waals surface area (Å²) in [5, 5.41) is 30.4. The Balaban J connectivity index is 7.10. The number of hydrogen-bond donors (Lipinski definition) is 3. The summed E-state index contributed by atoms with van der Waals surface area (Å²) in [5.74, 6) is -5.84. The van der Waals surface area contributed by atoms with Crippen LogP contribution in [-0.2, 0) is 23.9 Å². The first-order valence-electron chi connectivity index (χ1n) is 9.87. The third-order valence-corrected chi connectivity index (χ3v) is 5.90. The number of carboxylic acids is 3. The molecule has 3 atom stereocenters. The minimum Gasteiger partial charge on any atom is -0.481 e. The van der Waals surface area contributed by atoms with Crippen LogP contribution in [0.15, 0.2) is 0 Å². The Kier molecular flexibility index (Phi) is 9.81. The fourth-order valence-corrected chi connectivity index (χ4v) is 4.40. The number of unbranched alkanes of at least 4 members (excludes halogenated alkanes) is 3. The summed E-state index contributed by atoms with van der Waals surface area (Å²) in [6, 6.07) is 0. The Hall–Kier alpha value is -1.96. The molecule has 0 aliphatic carbocycles. The molecular weight excluding hydrogens is 368 g/mol. The van der Waals surface area contributed by atoms with Gasteiger partial charge in [-0.25, -0.2) is 4.79 Å².